The second kappa shape index (κ2) is 3.76. The molecule has 90 valence electrons. The van der Waals surface area contributed by atoms with Crippen molar-refractivity contribution in [2.24, 2.45) is 0 Å². The van der Waals surface area contributed by atoms with E-state index < -0.39 is 11.6 Å². The Bertz CT molecular complexity index is 706. The van der Waals surface area contributed by atoms with Gasteiger partial charge in [0.2, 0.25) is 5.89 Å². The summed E-state index contributed by atoms with van der Waals surface area (Å²) < 4.78 is 32.0. The van der Waals surface area contributed by atoms with Gasteiger partial charge in [-0.05, 0) is 18.2 Å². The minimum Gasteiger partial charge on any atom is -0.434 e. The van der Waals surface area contributed by atoms with Crippen molar-refractivity contribution in [1.82, 2.24) is 9.97 Å². The van der Waals surface area contributed by atoms with E-state index >= 15 is 0 Å². The number of hydrogen-bond acceptors (Lipinski definition) is 4. The molecule has 2 N–H and O–H groups in total. The molecule has 0 fully saturated rings. The number of nitrogens with two attached hydrogens (primary N) is 1. The number of halogens is 2. The summed E-state index contributed by atoms with van der Waals surface area (Å²) in [7, 11) is 0. The lowest BCUT2D eigenvalue weighted by molar-refractivity contribution is 0.574. The first-order chi connectivity index (χ1) is 8.65. The Morgan fingerprint density at radius 1 is 1.17 bits per heavy atom. The molecular formula is C12H7F2N3O. The van der Waals surface area contributed by atoms with Gasteiger partial charge < -0.3 is 10.2 Å². The summed E-state index contributed by atoms with van der Waals surface area (Å²) in [6.45, 7) is 0. The molecule has 0 spiro atoms. The molecule has 0 aliphatic carbocycles. The predicted molar refractivity (Wildman–Crippen MR) is 61.6 cm³/mol. The number of fused-ring (bicyclic) bond motifs is 1. The summed E-state index contributed by atoms with van der Waals surface area (Å²) in [6.07, 6.45) is 1.55. The van der Waals surface area contributed by atoms with Crippen molar-refractivity contribution in [3.05, 3.63) is 42.1 Å². The van der Waals surface area contributed by atoms with Gasteiger partial charge in [-0.15, -0.1) is 0 Å². The Kier molecular flexibility index (Phi) is 2.22. The molecular weight excluding hydrogens is 240 g/mol. The maximum Gasteiger partial charge on any atom is 0.231 e. The first kappa shape index (κ1) is 10.6. The van der Waals surface area contributed by atoms with E-state index in [-0.39, 0.29) is 17.1 Å². The van der Waals surface area contributed by atoms with E-state index in [0.717, 1.165) is 6.07 Å². The highest BCUT2D eigenvalue weighted by atomic mass is 19.1. The lowest BCUT2D eigenvalue weighted by atomic mass is 10.2. The van der Waals surface area contributed by atoms with Gasteiger partial charge in [-0.2, -0.15) is 4.98 Å². The van der Waals surface area contributed by atoms with Crippen LogP contribution in [0, 0.1) is 11.6 Å². The van der Waals surface area contributed by atoms with E-state index in [2.05, 4.69) is 9.97 Å². The molecule has 18 heavy (non-hydrogen) atoms. The number of aromatic nitrogens is 2. The molecule has 2 heterocycles. The van der Waals surface area contributed by atoms with Crippen LogP contribution in [0.3, 0.4) is 0 Å². The zero-order valence-electron chi connectivity index (χ0n) is 9.02. The highest BCUT2D eigenvalue weighted by Crippen LogP contribution is 2.28. The highest BCUT2D eigenvalue weighted by Gasteiger charge is 2.15. The van der Waals surface area contributed by atoms with Crippen LogP contribution in [0.4, 0.5) is 14.5 Å². The predicted octanol–water partition coefficient (Wildman–Crippen LogP) is 2.75. The Morgan fingerprint density at radius 2 is 2.00 bits per heavy atom. The average Bonchev–Trinajstić information content (AvgIpc) is 2.77. The number of anilines is 1. The fourth-order valence-electron chi connectivity index (χ4n) is 1.61. The van der Waals surface area contributed by atoms with Gasteiger partial charge in [0.1, 0.15) is 11.6 Å². The fraction of sp³-hybridized carbons (Fsp3) is 0. The van der Waals surface area contributed by atoms with Gasteiger partial charge in [0.25, 0.3) is 0 Å². The van der Waals surface area contributed by atoms with Crippen LogP contribution in [0.1, 0.15) is 0 Å². The smallest absolute Gasteiger partial charge is 0.231 e. The third-order valence-corrected chi connectivity index (χ3v) is 2.48. The molecule has 3 rings (SSSR count). The van der Waals surface area contributed by atoms with Crippen molar-refractivity contribution in [2.45, 2.75) is 0 Å². The summed E-state index contributed by atoms with van der Waals surface area (Å²) >= 11 is 0. The zero-order valence-corrected chi connectivity index (χ0v) is 9.02. The molecule has 0 saturated carbocycles. The van der Waals surface area contributed by atoms with Crippen LogP contribution >= 0.6 is 0 Å². The van der Waals surface area contributed by atoms with Gasteiger partial charge >= 0.3 is 0 Å². The molecule has 2 aromatic heterocycles. The quantitative estimate of drug-likeness (QED) is 0.671. The molecule has 4 nitrogen and oxygen atoms in total. The Balaban J connectivity index is 2.22. The van der Waals surface area contributed by atoms with Crippen molar-refractivity contribution < 1.29 is 13.2 Å². The van der Waals surface area contributed by atoms with Crippen LogP contribution in [0.25, 0.3) is 22.7 Å². The van der Waals surface area contributed by atoms with Crippen LogP contribution < -0.4 is 5.73 Å². The van der Waals surface area contributed by atoms with E-state index in [1.165, 1.54) is 0 Å². The molecule has 0 aliphatic rings. The van der Waals surface area contributed by atoms with Crippen molar-refractivity contribution >= 4 is 16.9 Å². The van der Waals surface area contributed by atoms with Crippen molar-refractivity contribution in [3.63, 3.8) is 0 Å². The van der Waals surface area contributed by atoms with Crippen molar-refractivity contribution in [1.29, 1.82) is 0 Å². The topological polar surface area (TPSA) is 64.9 Å². The summed E-state index contributed by atoms with van der Waals surface area (Å²) in [4.78, 5) is 7.98. The zero-order chi connectivity index (χ0) is 12.7. The van der Waals surface area contributed by atoms with Crippen LogP contribution in [-0.2, 0) is 0 Å². The number of nitrogens with zero attached hydrogens (tertiary/aromatic N) is 2. The molecule has 0 radical (unpaired) electrons. The summed E-state index contributed by atoms with van der Waals surface area (Å²) in [5.41, 5.74) is 6.02. The Labute approximate surface area is 100 Å². The number of hydrogen-bond donors (Lipinski definition) is 1. The maximum atomic E-state index is 13.6. The monoisotopic (exact) mass is 247 g/mol. The number of benzene rings is 1. The second-order valence-electron chi connectivity index (χ2n) is 3.70. The number of nitrogen functional groups attached to an aromatic ring is 1. The lowest BCUT2D eigenvalue weighted by Crippen LogP contribution is -1.94. The van der Waals surface area contributed by atoms with Crippen molar-refractivity contribution in [3.8, 4) is 11.5 Å². The molecule has 0 amide bonds. The Morgan fingerprint density at radius 3 is 2.78 bits per heavy atom. The summed E-state index contributed by atoms with van der Waals surface area (Å²) in [6, 6.07) is 5.18. The minimum absolute atomic E-state index is 0.00639. The third kappa shape index (κ3) is 1.58. The SMILES string of the molecule is Nc1cc(-c2nc3ncccc3o2)c(F)cc1F. The van der Waals surface area contributed by atoms with Gasteiger partial charge in [0.15, 0.2) is 11.2 Å². The Hall–Kier alpha value is -2.50. The van der Waals surface area contributed by atoms with E-state index in [9.17, 15) is 8.78 Å². The fourth-order valence-corrected chi connectivity index (χ4v) is 1.61. The molecule has 1 aromatic carbocycles. The summed E-state index contributed by atoms with van der Waals surface area (Å²) in [5.74, 6) is -1.58. The highest BCUT2D eigenvalue weighted by molar-refractivity contribution is 5.73. The van der Waals surface area contributed by atoms with Crippen LogP contribution in [-0.4, -0.2) is 9.97 Å². The molecule has 0 unspecified atom stereocenters. The summed E-state index contributed by atoms with van der Waals surface area (Å²) in [5, 5.41) is 0. The number of pyridine rings is 1. The van der Waals surface area contributed by atoms with Crippen LogP contribution in [0.2, 0.25) is 0 Å². The lowest BCUT2D eigenvalue weighted by Gasteiger charge is -2.01. The first-order valence-electron chi connectivity index (χ1n) is 5.11. The molecule has 6 heteroatoms. The molecule has 0 bridgehead atoms. The van der Waals surface area contributed by atoms with Gasteiger partial charge in [0, 0.05) is 12.3 Å². The molecule has 0 saturated heterocycles. The van der Waals surface area contributed by atoms with Gasteiger partial charge in [-0.25, -0.2) is 13.8 Å². The molecule has 0 aliphatic heterocycles. The van der Waals surface area contributed by atoms with Crippen LogP contribution in [0.5, 0.6) is 0 Å². The van der Waals surface area contributed by atoms with E-state index in [0.29, 0.717) is 17.3 Å². The molecule has 3 aromatic rings. The molecule has 0 atom stereocenters. The van der Waals surface area contributed by atoms with Gasteiger partial charge in [-0.3, -0.25) is 0 Å². The van der Waals surface area contributed by atoms with E-state index in [4.69, 9.17) is 10.2 Å². The number of oxazole rings is 1. The standard InChI is InChI=1S/C12H7F2N3O/c13-7-5-8(14)9(15)4-6(7)12-17-11-10(18-12)2-1-3-16-11/h1-5H,15H2. The van der Waals surface area contributed by atoms with E-state index in [1.54, 1.807) is 18.3 Å². The van der Waals surface area contributed by atoms with Gasteiger partial charge in [0.05, 0.1) is 11.3 Å². The first-order valence-corrected chi connectivity index (χ1v) is 5.11. The largest absolute Gasteiger partial charge is 0.434 e. The second-order valence-corrected chi connectivity index (χ2v) is 3.70. The van der Waals surface area contributed by atoms with Crippen LogP contribution in [0.15, 0.2) is 34.9 Å². The third-order valence-electron chi connectivity index (χ3n) is 2.48. The average molecular weight is 247 g/mol. The number of rotatable bonds is 1. The van der Waals surface area contributed by atoms with Crippen molar-refractivity contribution in [2.75, 3.05) is 5.73 Å². The van der Waals surface area contributed by atoms with E-state index in [1.807, 2.05) is 0 Å². The normalized spacial score (nSPS) is 11.0. The van der Waals surface area contributed by atoms with Gasteiger partial charge in [-0.1, -0.05) is 0 Å². The maximum absolute atomic E-state index is 13.6. The minimum atomic E-state index is -0.814.